The molecule has 0 spiro atoms. The summed E-state index contributed by atoms with van der Waals surface area (Å²) in [6, 6.07) is 8.91. The lowest BCUT2D eigenvalue weighted by Gasteiger charge is -2.21. The third-order valence-corrected chi connectivity index (χ3v) is 3.06. The van der Waals surface area contributed by atoms with E-state index in [1.807, 2.05) is 19.0 Å². The molecule has 3 nitrogen and oxygen atoms in total. The van der Waals surface area contributed by atoms with Gasteiger partial charge in [0.1, 0.15) is 0 Å². The normalized spacial score (nSPS) is 14.8. The molecule has 18 heavy (non-hydrogen) atoms. The number of rotatable bonds is 7. The van der Waals surface area contributed by atoms with Crippen LogP contribution in [-0.4, -0.2) is 43.3 Å². The van der Waals surface area contributed by atoms with Crippen molar-refractivity contribution in [2.45, 2.75) is 32.4 Å². The zero-order valence-electron chi connectivity index (χ0n) is 12.0. The first kappa shape index (κ1) is 15.2. The van der Waals surface area contributed by atoms with Gasteiger partial charge in [0, 0.05) is 19.1 Å². The minimum Gasteiger partial charge on any atom is -0.390 e. The lowest BCUT2D eigenvalue weighted by molar-refractivity contribution is 0.131. The molecule has 0 amide bonds. The van der Waals surface area contributed by atoms with E-state index in [1.54, 1.807) is 0 Å². The monoisotopic (exact) mass is 250 g/mol. The lowest BCUT2D eigenvalue weighted by atomic mass is 10.0. The Labute approximate surface area is 111 Å². The van der Waals surface area contributed by atoms with E-state index < -0.39 is 0 Å². The Balaban J connectivity index is 2.49. The summed E-state index contributed by atoms with van der Waals surface area (Å²) >= 11 is 0. The molecule has 0 aromatic heterocycles. The fourth-order valence-corrected chi connectivity index (χ4v) is 2.06. The number of aliphatic hydroxyl groups is 1. The molecule has 1 aromatic carbocycles. The van der Waals surface area contributed by atoms with E-state index in [1.165, 1.54) is 11.1 Å². The minimum atomic E-state index is -0.320. The smallest absolute Gasteiger partial charge is 0.0791 e. The first-order valence-electron chi connectivity index (χ1n) is 6.65. The Hall–Kier alpha value is -0.900. The van der Waals surface area contributed by atoms with Crippen molar-refractivity contribution in [3.8, 4) is 0 Å². The van der Waals surface area contributed by atoms with Crippen LogP contribution in [0.5, 0.6) is 0 Å². The van der Waals surface area contributed by atoms with Crippen LogP contribution in [0.25, 0.3) is 0 Å². The summed E-state index contributed by atoms with van der Waals surface area (Å²) in [7, 11) is 3.95. The second-order valence-corrected chi connectivity index (χ2v) is 5.20. The highest BCUT2D eigenvalue weighted by atomic mass is 16.3. The first-order chi connectivity index (χ1) is 8.52. The molecule has 0 bridgehead atoms. The summed E-state index contributed by atoms with van der Waals surface area (Å²) in [5.41, 5.74) is 2.57. The molecule has 0 heterocycles. The van der Waals surface area contributed by atoms with Gasteiger partial charge in [-0.3, -0.25) is 0 Å². The maximum Gasteiger partial charge on any atom is 0.0791 e. The average Bonchev–Trinajstić information content (AvgIpc) is 2.31. The molecule has 0 saturated carbocycles. The highest BCUT2D eigenvalue weighted by Gasteiger charge is 2.11. The van der Waals surface area contributed by atoms with Crippen LogP contribution in [0.2, 0.25) is 0 Å². The van der Waals surface area contributed by atoms with Crippen molar-refractivity contribution in [2.75, 3.05) is 27.2 Å². The average molecular weight is 250 g/mol. The topological polar surface area (TPSA) is 35.5 Å². The summed E-state index contributed by atoms with van der Waals surface area (Å²) < 4.78 is 0. The zero-order chi connectivity index (χ0) is 13.5. The molecule has 0 aliphatic carbocycles. The maximum atomic E-state index is 9.85. The summed E-state index contributed by atoms with van der Waals surface area (Å²) in [6.45, 7) is 5.58. The zero-order valence-corrected chi connectivity index (χ0v) is 12.0. The third kappa shape index (κ3) is 5.17. The molecule has 2 unspecified atom stereocenters. The number of nitrogens with zero attached hydrogens (tertiary/aromatic N) is 1. The Bertz CT molecular complexity index is 335. The Morgan fingerprint density at radius 2 is 1.83 bits per heavy atom. The molecule has 0 aliphatic heterocycles. The van der Waals surface area contributed by atoms with Gasteiger partial charge in [-0.25, -0.2) is 0 Å². The molecule has 1 aromatic rings. The second-order valence-electron chi connectivity index (χ2n) is 5.20. The van der Waals surface area contributed by atoms with Gasteiger partial charge in [-0.1, -0.05) is 36.8 Å². The van der Waals surface area contributed by atoms with Gasteiger partial charge in [0.2, 0.25) is 0 Å². The van der Waals surface area contributed by atoms with Crippen molar-refractivity contribution in [3.05, 3.63) is 35.4 Å². The van der Waals surface area contributed by atoms with E-state index in [0.29, 0.717) is 19.1 Å². The number of hydrogen-bond donors (Lipinski definition) is 2. The number of likely N-dealkylation sites (N-methyl/N-ethyl adjacent to an activating group) is 1. The van der Waals surface area contributed by atoms with Crippen molar-refractivity contribution in [1.82, 2.24) is 10.2 Å². The number of aryl methyl sites for hydroxylation is 1. The van der Waals surface area contributed by atoms with Crippen LogP contribution in [0.15, 0.2) is 24.3 Å². The molecular formula is C15H26N2O. The summed E-state index contributed by atoms with van der Waals surface area (Å²) in [5, 5.41) is 13.3. The van der Waals surface area contributed by atoms with Crippen LogP contribution >= 0.6 is 0 Å². The fraction of sp³-hybridized carbons (Fsp3) is 0.600. The van der Waals surface area contributed by atoms with Crippen LogP contribution in [0.1, 0.15) is 30.5 Å². The molecule has 0 radical (unpaired) electrons. The van der Waals surface area contributed by atoms with Crippen molar-refractivity contribution < 1.29 is 5.11 Å². The third-order valence-electron chi connectivity index (χ3n) is 3.06. The van der Waals surface area contributed by atoms with Crippen LogP contribution < -0.4 is 5.32 Å². The van der Waals surface area contributed by atoms with Crippen molar-refractivity contribution >= 4 is 0 Å². The molecule has 0 fully saturated rings. The maximum absolute atomic E-state index is 9.85. The lowest BCUT2D eigenvalue weighted by Crippen LogP contribution is -2.36. The van der Waals surface area contributed by atoms with E-state index >= 15 is 0 Å². The van der Waals surface area contributed by atoms with E-state index in [-0.39, 0.29) is 6.10 Å². The predicted octanol–water partition coefficient (Wildman–Crippen LogP) is 1.96. The van der Waals surface area contributed by atoms with Gasteiger partial charge in [0.05, 0.1) is 6.10 Å². The predicted molar refractivity (Wildman–Crippen MR) is 76.8 cm³/mol. The molecular weight excluding hydrogens is 224 g/mol. The number of benzene rings is 1. The number of aliphatic hydroxyl groups excluding tert-OH is 1. The Morgan fingerprint density at radius 1 is 1.22 bits per heavy atom. The van der Waals surface area contributed by atoms with Crippen molar-refractivity contribution in [3.63, 3.8) is 0 Å². The van der Waals surface area contributed by atoms with Crippen LogP contribution in [0.3, 0.4) is 0 Å². The minimum absolute atomic E-state index is 0.320. The van der Waals surface area contributed by atoms with E-state index in [4.69, 9.17) is 0 Å². The Morgan fingerprint density at radius 3 is 2.33 bits per heavy atom. The molecule has 2 atom stereocenters. The van der Waals surface area contributed by atoms with Gasteiger partial charge in [-0.2, -0.15) is 0 Å². The van der Waals surface area contributed by atoms with Crippen molar-refractivity contribution in [2.24, 2.45) is 0 Å². The van der Waals surface area contributed by atoms with Gasteiger partial charge < -0.3 is 15.3 Å². The van der Waals surface area contributed by atoms with Gasteiger partial charge in [0.15, 0.2) is 0 Å². The molecule has 0 saturated heterocycles. The Kier molecular flexibility index (Phi) is 6.33. The largest absolute Gasteiger partial charge is 0.390 e. The highest BCUT2D eigenvalue weighted by molar-refractivity contribution is 5.24. The molecule has 1 rings (SSSR count). The number of nitrogens with one attached hydrogen (secondary N) is 1. The summed E-state index contributed by atoms with van der Waals surface area (Å²) in [5.74, 6) is 0. The summed E-state index contributed by atoms with van der Waals surface area (Å²) in [4.78, 5) is 2.00. The van der Waals surface area contributed by atoms with Crippen LogP contribution in [0.4, 0.5) is 0 Å². The van der Waals surface area contributed by atoms with Crippen LogP contribution in [-0.2, 0) is 0 Å². The summed E-state index contributed by atoms with van der Waals surface area (Å²) in [6.07, 6.45) is 0.706. The van der Waals surface area contributed by atoms with Gasteiger partial charge in [-0.15, -0.1) is 0 Å². The van der Waals surface area contributed by atoms with Gasteiger partial charge in [-0.05, 0) is 33.0 Å². The second kappa shape index (κ2) is 7.52. The molecule has 2 N–H and O–H groups in total. The fourth-order valence-electron chi connectivity index (χ4n) is 2.06. The molecule has 102 valence electrons. The van der Waals surface area contributed by atoms with E-state index in [2.05, 4.69) is 43.4 Å². The van der Waals surface area contributed by atoms with Gasteiger partial charge >= 0.3 is 0 Å². The van der Waals surface area contributed by atoms with E-state index in [0.717, 1.165) is 6.42 Å². The molecule has 0 aliphatic rings. The van der Waals surface area contributed by atoms with Gasteiger partial charge in [0.25, 0.3) is 0 Å². The van der Waals surface area contributed by atoms with E-state index in [9.17, 15) is 5.11 Å². The SMILES string of the molecule is CCC(NCC(O)CN(C)C)c1ccc(C)cc1. The van der Waals surface area contributed by atoms with Crippen molar-refractivity contribution in [1.29, 1.82) is 0 Å². The first-order valence-corrected chi connectivity index (χ1v) is 6.65. The van der Waals surface area contributed by atoms with Crippen LogP contribution in [0, 0.1) is 6.92 Å². The molecule has 3 heteroatoms. The number of hydrogen-bond acceptors (Lipinski definition) is 3. The standard InChI is InChI=1S/C15H26N2O/c1-5-15(13-8-6-12(2)7-9-13)16-10-14(18)11-17(3)4/h6-9,14-16,18H,5,10-11H2,1-4H3. The quantitative estimate of drug-likeness (QED) is 0.776. The highest BCUT2D eigenvalue weighted by Crippen LogP contribution is 2.16.